The Balaban J connectivity index is 0.000000581. The van der Waals surface area contributed by atoms with Crippen molar-refractivity contribution in [2.75, 3.05) is 0 Å². The summed E-state index contributed by atoms with van der Waals surface area (Å²) in [5.74, 6) is 0. The Bertz CT molecular complexity index is 3490. The molecule has 0 unspecified atom stereocenters. The molecular formula is C61H44N2. The van der Waals surface area contributed by atoms with Crippen molar-refractivity contribution >= 4 is 43.6 Å². The average Bonchev–Trinajstić information content (AvgIpc) is 3.87. The van der Waals surface area contributed by atoms with Gasteiger partial charge in [-0.2, -0.15) is 0 Å². The molecule has 2 heteroatoms. The number of hydrogen-bond donors (Lipinski definition) is 0. The van der Waals surface area contributed by atoms with Crippen LogP contribution in [-0.4, -0.2) is 9.13 Å². The summed E-state index contributed by atoms with van der Waals surface area (Å²) in [4.78, 5) is 0. The maximum Gasteiger partial charge on any atom is 0.0541 e. The van der Waals surface area contributed by atoms with Crippen LogP contribution in [0.5, 0.6) is 0 Å². The van der Waals surface area contributed by atoms with Gasteiger partial charge in [-0.1, -0.05) is 194 Å². The summed E-state index contributed by atoms with van der Waals surface area (Å²) in [6, 6.07) is 89.6. The van der Waals surface area contributed by atoms with Gasteiger partial charge in [0.1, 0.15) is 0 Å². The summed E-state index contributed by atoms with van der Waals surface area (Å²) in [5.41, 5.74) is 18.1. The predicted molar refractivity (Wildman–Crippen MR) is 268 cm³/mol. The van der Waals surface area contributed by atoms with E-state index in [2.05, 4.69) is 247 Å². The van der Waals surface area contributed by atoms with Crippen LogP contribution >= 0.6 is 0 Å². The van der Waals surface area contributed by atoms with Crippen LogP contribution in [0.25, 0.3) is 99.5 Å². The van der Waals surface area contributed by atoms with Crippen molar-refractivity contribution < 1.29 is 0 Å². The van der Waals surface area contributed by atoms with Crippen molar-refractivity contribution in [2.45, 2.75) is 6.92 Å². The van der Waals surface area contributed by atoms with Gasteiger partial charge in [0.05, 0.1) is 22.1 Å². The summed E-state index contributed by atoms with van der Waals surface area (Å²) < 4.78 is 4.81. The fourth-order valence-corrected chi connectivity index (χ4v) is 9.35. The van der Waals surface area contributed by atoms with Crippen molar-refractivity contribution in [3.63, 3.8) is 0 Å². The highest BCUT2D eigenvalue weighted by atomic mass is 15.0. The fourth-order valence-electron chi connectivity index (χ4n) is 9.35. The first-order chi connectivity index (χ1) is 31.2. The number of nitrogens with zero attached hydrogens (tertiary/aromatic N) is 2. The van der Waals surface area contributed by atoms with Gasteiger partial charge in [0.25, 0.3) is 0 Å². The molecule has 10 aromatic carbocycles. The number of hydrogen-bond acceptors (Lipinski definition) is 0. The lowest BCUT2D eigenvalue weighted by Crippen LogP contribution is -1.96. The predicted octanol–water partition coefficient (Wildman–Crippen LogP) is 16.5. The smallest absolute Gasteiger partial charge is 0.0541 e. The lowest BCUT2D eigenvalue weighted by atomic mass is 9.87. The second-order valence-electron chi connectivity index (χ2n) is 16.2. The van der Waals surface area contributed by atoms with Gasteiger partial charge < -0.3 is 9.13 Å². The Morgan fingerprint density at radius 3 is 1.16 bits per heavy atom. The minimum atomic E-state index is 1.14. The molecule has 12 rings (SSSR count). The number of rotatable bonds is 6. The number of benzene rings is 10. The summed E-state index contributed by atoms with van der Waals surface area (Å²) in [6.45, 7) is 2.08. The zero-order chi connectivity index (χ0) is 42.1. The molecule has 63 heavy (non-hydrogen) atoms. The summed E-state index contributed by atoms with van der Waals surface area (Å²) in [7, 11) is 0. The Morgan fingerprint density at radius 2 is 0.651 bits per heavy atom. The largest absolute Gasteiger partial charge is 0.309 e. The molecule has 0 fully saturated rings. The van der Waals surface area contributed by atoms with E-state index in [1.54, 1.807) is 0 Å². The van der Waals surface area contributed by atoms with Gasteiger partial charge in [0.2, 0.25) is 0 Å². The van der Waals surface area contributed by atoms with Gasteiger partial charge in [0.15, 0.2) is 0 Å². The minimum Gasteiger partial charge on any atom is -0.309 e. The van der Waals surface area contributed by atoms with Crippen LogP contribution in [0.2, 0.25) is 0 Å². The first kappa shape index (κ1) is 37.8. The SMILES string of the molecule is Cc1ccccc1.c1ccc(-c2cccc(-c3ccccc3)c2-c2cccc(-n3c4ccccc4c4cc(-c5ccc6c(c5)c5ccccc5n6-c5ccccc5)ccc43)c2)cc1. The van der Waals surface area contributed by atoms with Crippen LogP contribution < -0.4 is 0 Å². The molecule has 0 aliphatic heterocycles. The zero-order valence-electron chi connectivity index (χ0n) is 35.1. The van der Waals surface area contributed by atoms with Gasteiger partial charge >= 0.3 is 0 Å². The highest BCUT2D eigenvalue weighted by Gasteiger charge is 2.18. The highest BCUT2D eigenvalue weighted by Crippen LogP contribution is 2.42. The molecule has 0 spiro atoms. The van der Waals surface area contributed by atoms with Crippen molar-refractivity contribution in [1.29, 1.82) is 0 Å². The second-order valence-corrected chi connectivity index (χ2v) is 16.2. The quantitative estimate of drug-likeness (QED) is 0.158. The van der Waals surface area contributed by atoms with Crippen LogP contribution in [0.15, 0.2) is 249 Å². The van der Waals surface area contributed by atoms with Gasteiger partial charge in [0, 0.05) is 32.9 Å². The van der Waals surface area contributed by atoms with Crippen molar-refractivity contribution in [1.82, 2.24) is 9.13 Å². The molecule has 298 valence electrons. The maximum absolute atomic E-state index is 2.43. The second kappa shape index (κ2) is 16.3. The van der Waals surface area contributed by atoms with E-state index >= 15 is 0 Å². The maximum atomic E-state index is 2.43. The molecular weight excluding hydrogens is 761 g/mol. The van der Waals surface area contributed by atoms with E-state index in [-0.39, 0.29) is 0 Å². The summed E-state index contributed by atoms with van der Waals surface area (Å²) in [5, 5.41) is 5.00. The van der Waals surface area contributed by atoms with Crippen molar-refractivity contribution in [3.05, 3.63) is 254 Å². The van der Waals surface area contributed by atoms with Crippen LogP contribution in [-0.2, 0) is 0 Å². The third kappa shape index (κ3) is 6.98. The molecule has 12 aromatic rings. The third-order valence-electron chi connectivity index (χ3n) is 12.3. The number of para-hydroxylation sites is 3. The van der Waals surface area contributed by atoms with E-state index in [9.17, 15) is 0 Å². The monoisotopic (exact) mass is 804 g/mol. The summed E-state index contributed by atoms with van der Waals surface area (Å²) >= 11 is 0. The zero-order valence-corrected chi connectivity index (χ0v) is 35.1. The molecule has 2 aromatic heterocycles. The fraction of sp³-hybridized carbons (Fsp3) is 0.0164. The van der Waals surface area contributed by atoms with Gasteiger partial charge in [-0.25, -0.2) is 0 Å². The molecule has 0 saturated heterocycles. The van der Waals surface area contributed by atoms with Crippen LogP contribution in [0.3, 0.4) is 0 Å². The van der Waals surface area contributed by atoms with E-state index in [1.165, 1.54) is 99.4 Å². The number of aromatic nitrogens is 2. The third-order valence-corrected chi connectivity index (χ3v) is 12.3. The van der Waals surface area contributed by atoms with E-state index < -0.39 is 0 Å². The number of aryl methyl sites for hydroxylation is 1. The lowest BCUT2D eigenvalue weighted by Gasteiger charge is -2.18. The molecule has 0 aliphatic rings. The van der Waals surface area contributed by atoms with Crippen LogP contribution in [0.1, 0.15) is 5.56 Å². The van der Waals surface area contributed by atoms with Gasteiger partial charge in [-0.05, 0) is 112 Å². The van der Waals surface area contributed by atoms with Gasteiger partial charge in [-0.15, -0.1) is 0 Å². The normalized spacial score (nSPS) is 11.3. The molecule has 0 saturated carbocycles. The summed E-state index contributed by atoms with van der Waals surface area (Å²) in [6.07, 6.45) is 0. The molecule has 2 nitrogen and oxygen atoms in total. The van der Waals surface area contributed by atoms with E-state index in [0.29, 0.717) is 0 Å². The first-order valence-electron chi connectivity index (χ1n) is 21.7. The van der Waals surface area contributed by atoms with Crippen molar-refractivity contribution in [2.24, 2.45) is 0 Å². The lowest BCUT2D eigenvalue weighted by molar-refractivity contribution is 1.18. The highest BCUT2D eigenvalue weighted by molar-refractivity contribution is 6.13. The first-order valence-corrected chi connectivity index (χ1v) is 21.7. The molecule has 2 heterocycles. The Kier molecular flexibility index (Phi) is 9.80. The average molecular weight is 805 g/mol. The molecule has 0 atom stereocenters. The number of fused-ring (bicyclic) bond motifs is 6. The molecule has 0 bridgehead atoms. The van der Waals surface area contributed by atoms with Crippen LogP contribution in [0, 0.1) is 6.92 Å². The van der Waals surface area contributed by atoms with Crippen LogP contribution in [0.4, 0.5) is 0 Å². The Labute approximate surface area is 368 Å². The van der Waals surface area contributed by atoms with Gasteiger partial charge in [-0.3, -0.25) is 0 Å². The Hall–Kier alpha value is -8.20. The standard InChI is InChI=1S/C54H36N2.C7H8/c1-4-16-37(17-5-1)44-26-15-27-45(38-18-6-2-7-19-38)54(44)41-20-14-23-43(34-41)56-51-29-13-11-25-47(51)49-36-40(31-33-53(49)56)39-30-32-52-48(35-39)46-24-10-12-28-50(46)55(52)42-21-8-3-9-22-42;1-7-5-3-2-4-6-7/h1-36H;2-6H,1H3. The van der Waals surface area contributed by atoms with E-state index in [1.807, 2.05) is 18.2 Å². The Morgan fingerprint density at radius 1 is 0.254 bits per heavy atom. The van der Waals surface area contributed by atoms with E-state index in [4.69, 9.17) is 0 Å². The van der Waals surface area contributed by atoms with E-state index in [0.717, 1.165) is 5.69 Å². The molecule has 0 aliphatic carbocycles. The molecule has 0 amide bonds. The molecule has 0 N–H and O–H groups in total. The van der Waals surface area contributed by atoms with Crippen molar-refractivity contribution in [3.8, 4) is 55.9 Å². The topological polar surface area (TPSA) is 9.86 Å². The molecule has 0 radical (unpaired) electrons. The minimum absolute atomic E-state index is 1.14.